The summed E-state index contributed by atoms with van der Waals surface area (Å²) >= 11 is 11.7. The van der Waals surface area contributed by atoms with E-state index in [2.05, 4.69) is 11.2 Å². The van der Waals surface area contributed by atoms with Crippen molar-refractivity contribution >= 4 is 29.1 Å². The van der Waals surface area contributed by atoms with Gasteiger partial charge in [-0.3, -0.25) is 4.79 Å². The molecule has 0 aromatic heterocycles. The number of hydrogen-bond acceptors (Lipinski definition) is 1. The second-order valence-electron chi connectivity index (χ2n) is 3.38. The molecule has 1 unspecified atom stereocenters. The van der Waals surface area contributed by atoms with Crippen molar-refractivity contribution in [2.45, 2.75) is 19.4 Å². The first-order chi connectivity index (χ1) is 7.56. The minimum absolute atomic E-state index is 0.0902. The summed E-state index contributed by atoms with van der Waals surface area (Å²) in [6, 6.07) is 4.83. The van der Waals surface area contributed by atoms with Crippen molar-refractivity contribution < 1.29 is 4.79 Å². The number of nitrogens with one attached hydrogen (secondary N) is 1. The monoisotopic (exact) mass is 255 g/mol. The van der Waals surface area contributed by atoms with Crippen LogP contribution in [0.15, 0.2) is 18.2 Å². The van der Waals surface area contributed by atoms with Crippen LogP contribution in [0.4, 0.5) is 0 Å². The SMILES string of the molecule is C#CCC(C)NC(=O)c1cccc(Cl)c1Cl. The standard InChI is InChI=1S/C12H11Cl2NO/c1-3-5-8(2)15-12(16)9-6-4-7-10(13)11(9)14/h1,4,6-8H,5H2,2H3,(H,15,16). The maximum atomic E-state index is 11.8. The number of amides is 1. The molecule has 84 valence electrons. The van der Waals surface area contributed by atoms with E-state index in [4.69, 9.17) is 29.6 Å². The summed E-state index contributed by atoms with van der Waals surface area (Å²) in [5.74, 6) is 2.21. The molecule has 1 atom stereocenters. The van der Waals surface area contributed by atoms with E-state index < -0.39 is 0 Å². The molecule has 2 nitrogen and oxygen atoms in total. The minimum Gasteiger partial charge on any atom is -0.349 e. The van der Waals surface area contributed by atoms with Crippen molar-refractivity contribution in [1.82, 2.24) is 5.32 Å². The van der Waals surface area contributed by atoms with E-state index in [1.165, 1.54) is 0 Å². The van der Waals surface area contributed by atoms with Gasteiger partial charge in [-0.1, -0.05) is 29.3 Å². The predicted molar refractivity (Wildman–Crippen MR) is 66.8 cm³/mol. The van der Waals surface area contributed by atoms with Gasteiger partial charge in [0.25, 0.3) is 5.91 Å². The Morgan fingerprint density at radius 2 is 2.25 bits per heavy atom. The maximum Gasteiger partial charge on any atom is 0.253 e. The molecule has 1 N–H and O–H groups in total. The van der Waals surface area contributed by atoms with Gasteiger partial charge in [-0.2, -0.15) is 0 Å². The number of rotatable bonds is 3. The zero-order valence-corrected chi connectivity index (χ0v) is 10.3. The van der Waals surface area contributed by atoms with Gasteiger partial charge in [0, 0.05) is 12.5 Å². The summed E-state index contributed by atoms with van der Waals surface area (Å²) in [6.45, 7) is 1.83. The van der Waals surface area contributed by atoms with Crippen LogP contribution in [-0.4, -0.2) is 11.9 Å². The van der Waals surface area contributed by atoms with Crippen molar-refractivity contribution in [3.8, 4) is 12.3 Å². The highest BCUT2D eigenvalue weighted by atomic mass is 35.5. The topological polar surface area (TPSA) is 29.1 Å². The largest absolute Gasteiger partial charge is 0.349 e. The zero-order chi connectivity index (χ0) is 12.1. The normalized spacial score (nSPS) is 11.6. The third kappa shape index (κ3) is 3.16. The molecule has 1 aromatic rings. The zero-order valence-electron chi connectivity index (χ0n) is 8.76. The van der Waals surface area contributed by atoms with Gasteiger partial charge >= 0.3 is 0 Å². The number of benzene rings is 1. The second kappa shape index (κ2) is 5.79. The molecule has 0 bridgehead atoms. The second-order valence-corrected chi connectivity index (χ2v) is 4.17. The Bertz CT molecular complexity index is 437. The van der Waals surface area contributed by atoms with E-state index in [0.29, 0.717) is 17.0 Å². The van der Waals surface area contributed by atoms with E-state index in [0.717, 1.165) is 0 Å². The predicted octanol–water partition coefficient (Wildman–Crippen LogP) is 3.14. The lowest BCUT2D eigenvalue weighted by molar-refractivity contribution is 0.0941. The molecule has 4 heteroatoms. The van der Waals surface area contributed by atoms with Crippen LogP contribution < -0.4 is 5.32 Å². The fraction of sp³-hybridized carbons (Fsp3) is 0.250. The minimum atomic E-state index is -0.268. The molecule has 1 aromatic carbocycles. The quantitative estimate of drug-likeness (QED) is 0.827. The molecule has 16 heavy (non-hydrogen) atoms. The Morgan fingerprint density at radius 1 is 1.56 bits per heavy atom. The lowest BCUT2D eigenvalue weighted by atomic mass is 10.2. The summed E-state index contributed by atoms with van der Waals surface area (Å²) in [4.78, 5) is 11.8. The Kier molecular flexibility index (Phi) is 4.67. The molecule has 0 aliphatic rings. The van der Waals surface area contributed by atoms with Crippen LogP contribution in [0, 0.1) is 12.3 Å². The highest BCUT2D eigenvalue weighted by molar-refractivity contribution is 6.43. The molecule has 0 heterocycles. The van der Waals surface area contributed by atoms with Crippen molar-refractivity contribution in [3.63, 3.8) is 0 Å². The summed E-state index contributed by atoms with van der Waals surface area (Å²) < 4.78 is 0. The van der Waals surface area contributed by atoms with Crippen LogP contribution in [0.5, 0.6) is 0 Å². The van der Waals surface area contributed by atoms with Gasteiger partial charge in [-0.05, 0) is 19.1 Å². The molecule has 0 aliphatic carbocycles. The van der Waals surface area contributed by atoms with Crippen molar-refractivity contribution in [2.75, 3.05) is 0 Å². The molecule has 1 amide bonds. The lowest BCUT2D eigenvalue weighted by Crippen LogP contribution is -2.32. The molecule has 0 saturated carbocycles. The van der Waals surface area contributed by atoms with Crippen molar-refractivity contribution in [3.05, 3.63) is 33.8 Å². The third-order valence-electron chi connectivity index (χ3n) is 2.00. The Labute approximate surface area is 105 Å². The van der Waals surface area contributed by atoms with E-state index in [1.54, 1.807) is 18.2 Å². The van der Waals surface area contributed by atoms with E-state index in [1.807, 2.05) is 6.92 Å². The first kappa shape index (κ1) is 12.9. The smallest absolute Gasteiger partial charge is 0.253 e. The fourth-order valence-electron chi connectivity index (χ4n) is 1.21. The summed E-state index contributed by atoms with van der Waals surface area (Å²) in [7, 11) is 0. The van der Waals surface area contributed by atoms with Crippen LogP contribution in [0.1, 0.15) is 23.7 Å². The fourth-order valence-corrected chi connectivity index (χ4v) is 1.59. The van der Waals surface area contributed by atoms with Crippen LogP contribution in [0.2, 0.25) is 10.0 Å². The first-order valence-electron chi connectivity index (χ1n) is 4.74. The molecular weight excluding hydrogens is 245 g/mol. The van der Waals surface area contributed by atoms with Gasteiger partial charge in [-0.15, -0.1) is 12.3 Å². The first-order valence-corrected chi connectivity index (χ1v) is 5.50. The maximum absolute atomic E-state index is 11.8. The van der Waals surface area contributed by atoms with Crippen LogP contribution in [0.25, 0.3) is 0 Å². The van der Waals surface area contributed by atoms with Crippen LogP contribution in [-0.2, 0) is 0 Å². The number of carbonyl (C=O) groups is 1. The molecular formula is C12H11Cl2NO. The molecule has 0 spiro atoms. The number of carbonyl (C=O) groups excluding carboxylic acids is 1. The van der Waals surface area contributed by atoms with Gasteiger partial charge in [0.2, 0.25) is 0 Å². The average Bonchev–Trinajstić information content (AvgIpc) is 2.22. The van der Waals surface area contributed by atoms with Gasteiger partial charge in [-0.25, -0.2) is 0 Å². The van der Waals surface area contributed by atoms with Crippen LogP contribution in [0.3, 0.4) is 0 Å². The summed E-state index contributed by atoms with van der Waals surface area (Å²) in [5.41, 5.74) is 0.359. The Morgan fingerprint density at radius 3 is 2.88 bits per heavy atom. The summed E-state index contributed by atoms with van der Waals surface area (Å²) in [6.07, 6.45) is 5.63. The number of halogens is 2. The van der Waals surface area contributed by atoms with Gasteiger partial charge in [0.1, 0.15) is 0 Å². The molecule has 0 aliphatic heterocycles. The molecule has 0 fully saturated rings. The lowest BCUT2D eigenvalue weighted by Gasteiger charge is -2.12. The van der Waals surface area contributed by atoms with Crippen molar-refractivity contribution in [2.24, 2.45) is 0 Å². The van der Waals surface area contributed by atoms with Gasteiger partial charge in [0.15, 0.2) is 0 Å². The highest BCUT2D eigenvalue weighted by Gasteiger charge is 2.13. The van der Waals surface area contributed by atoms with E-state index >= 15 is 0 Å². The Balaban J connectivity index is 2.82. The third-order valence-corrected chi connectivity index (χ3v) is 2.82. The summed E-state index contributed by atoms with van der Waals surface area (Å²) in [5, 5.41) is 3.36. The van der Waals surface area contributed by atoms with Crippen molar-refractivity contribution in [1.29, 1.82) is 0 Å². The van der Waals surface area contributed by atoms with Gasteiger partial charge in [0.05, 0.1) is 15.6 Å². The Hall–Kier alpha value is -1.17. The molecule has 1 rings (SSSR count). The average molecular weight is 256 g/mol. The number of hydrogen-bond donors (Lipinski definition) is 1. The van der Waals surface area contributed by atoms with Crippen LogP contribution >= 0.6 is 23.2 Å². The molecule has 0 saturated heterocycles. The molecule has 0 radical (unpaired) electrons. The number of terminal acetylenes is 1. The van der Waals surface area contributed by atoms with E-state index in [-0.39, 0.29) is 17.0 Å². The van der Waals surface area contributed by atoms with Gasteiger partial charge < -0.3 is 5.32 Å². The highest BCUT2D eigenvalue weighted by Crippen LogP contribution is 2.25. The van der Waals surface area contributed by atoms with E-state index in [9.17, 15) is 4.79 Å².